The van der Waals surface area contributed by atoms with E-state index in [1.165, 1.54) is 17.7 Å². The molecule has 0 aliphatic carbocycles. The fourth-order valence-electron chi connectivity index (χ4n) is 4.04. The Bertz CT molecular complexity index is 559. The molecule has 4 heteroatoms. The quantitative estimate of drug-likeness (QED) is 0.932. The van der Waals surface area contributed by atoms with Crippen molar-refractivity contribution in [2.45, 2.75) is 64.1 Å². The molecule has 4 nitrogen and oxygen atoms in total. The van der Waals surface area contributed by atoms with Crippen molar-refractivity contribution in [1.82, 2.24) is 4.90 Å². The lowest BCUT2D eigenvalue weighted by molar-refractivity contribution is -0.134. The van der Waals surface area contributed by atoms with E-state index in [4.69, 9.17) is 5.73 Å². The zero-order valence-electron chi connectivity index (χ0n) is 14.4. The molecule has 0 spiro atoms. The van der Waals surface area contributed by atoms with E-state index in [2.05, 4.69) is 43.0 Å². The van der Waals surface area contributed by atoms with Gasteiger partial charge in [-0.2, -0.15) is 0 Å². The van der Waals surface area contributed by atoms with E-state index in [9.17, 15) is 4.79 Å². The topological polar surface area (TPSA) is 49.6 Å². The molecule has 1 aromatic rings. The highest BCUT2D eigenvalue weighted by molar-refractivity contribution is 5.77. The smallest absolute Gasteiger partial charge is 0.224 e. The molecule has 3 rings (SSSR count). The second kappa shape index (κ2) is 6.91. The highest BCUT2D eigenvalue weighted by atomic mass is 16.2. The molecule has 2 aliphatic heterocycles. The van der Waals surface area contributed by atoms with Crippen molar-refractivity contribution in [2.75, 3.05) is 18.0 Å². The van der Waals surface area contributed by atoms with E-state index in [0.717, 1.165) is 32.4 Å². The van der Waals surface area contributed by atoms with Gasteiger partial charge in [-0.15, -0.1) is 0 Å². The molecule has 23 heavy (non-hydrogen) atoms. The maximum Gasteiger partial charge on any atom is 0.224 e. The molecule has 1 fully saturated rings. The Kier molecular flexibility index (Phi) is 4.90. The van der Waals surface area contributed by atoms with Crippen molar-refractivity contribution >= 4 is 11.6 Å². The summed E-state index contributed by atoms with van der Waals surface area (Å²) in [6.07, 6.45) is 4.76. The zero-order chi connectivity index (χ0) is 16.4. The van der Waals surface area contributed by atoms with Gasteiger partial charge in [0.25, 0.3) is 0 Å². The first kappa shape index (κ1) is 16.3. The van der Waals surface area contributed by atoms with Gasteiger partial charge in [0.15, 0.2) is 0 Å². The first-order valence-corrected chi connectivity index (χ1v) is 8.96. The van der Waals surface area contributed by atoms with Gasteiger partial charge in [-0.25, -0.2) is 0 Å². The summed E-state index contributed by atoms with van der Waals surface area (Å²) in [5, 5.41) is 0. The van der Waals surface area contributed by atoms with Crippen LogP contribution in [0.15, 0.2) is 24.3 Å². The van der Waals surface area contributed by atoms with E-state index < -0.39 is 0 Å². The number of carbonyl (C=O) groups is 1. The average Bonchev–Trinajstić information content (AvgIpc) is 2.53. The summed E-state index contributed by atoms with van der Waals surface area (Å²) in [6, 6.07) is 9.64. The standard InChI is InChI=1S/C19H29N3O/c1-14-7-8-16-5-3-4-6-18(16)21(14)12-10-19(23)22-11-9-17(20)13-15(22)2/h3-6,14-15,17H,7-13,20H2,1-2H3/t14-,15-,17-/m1/s1. The van der Waals surface area contributed by atoms with Gasteiger partial charge >= 0.3 is 0 Å². The molecule has 2 N–H and O–H groups in total. The van der Waals surface area contributed by atoms with Crippen LogP contribution in [0.25, 0.3) is 0 Å². The summed E-state index contributed by atoms with van der Waals surface area (Å²) >= 11 is 0. The summed E-state index contributed by atoms with van der Waals surface area (Å²) in [7, 11) is 0. The fourth-order valence-corrected chi connectivity index (χ4v) is 4.04. The van der Waals surface area contributed by atoms with E-state index in [0.29, 0.717) is 12.5 Å². The van der Waals surface area contributed by atoms with Gasteiger partial charge in [0.05, 0.1) is 0 Å². The Morgan fingerprint density at radius 1 is 1.22 bits per heavy atom. The third-order valence-corrected chi connectivity index (χ3v) is 5.47. The lowest BCUT2D eigenvalue weighted by atomic mass is 9.96. The molecule has 0 unspecified atom stereocenters. The Labute approximate surface area is 139 Å². The number of nitrogens with zero attached hydrogens (tertiary/aromatic N) is 2. The number of nitrogens with two attached hydrogens (primary N) is 1. The number of likely N-dealkylation sites (tertiary alicyclic amines) is 1. The maximum atomic E-state index is 12.6. The summed E-state index contributed by atoms with van der Waals surface area (Å²) in [5.74, 6) is 0.277. The van der Waals surface area contributed by atoms with Crippen molar-refractivity contribution in [3.05, 3.63) is 29.8 Å². The molecule has 2 heterocycles. The fraction of sp³-hybridized carbons (Fsp3) is 0.632. The molecular weight excluding hydrogens is 286 g/mol. The summed E-state index contributed by atoms with van der Waals surface area (Å²) in [4.78, 5) is 17.1. The van der Waals surface area contributed by atoms with Gasteiger partial charge < -0.3 is 15.5 Å². The number of fused-ring (bicyclic) bond motifs is 1. The minimum atomic E-state index is 0.253. The van der Waals surface area contributed by atoms with Crippen LogP contribution in [0.2, 0.25) is 0 Å². The zero-order valence-corrected chi connectivity index (χ0v) is 14.4. The third kappa shape index (κ3) is 3.52. The molecule has 0 aromatic heterocycles. The Morgan fingerprint density at radius 3 is 2.78 bits per heavy atom. The van der Waals surface area contributed by atoms with E-state index in [-0.39, 0.29) is 18.0 Å². The highest BCUT2D eigenvalue weighted by Gasteiger charge is 2.28. The number of aryl methyl sites for hydroxylation is 1. The van der Waals surface area contributed by atoms with E-state index >= 15 is 0 Å². The Balaban J connectivity index is 1.63. The van der Waals surface area contributed by atoms with Crippen molar-refractivity contribution in [3.63, 3.8) is 0 Å². The summed E-state index contributed by atoms with van der Waals surface area (Å²) in [5.41, 5.74) is 8.73. The second-order valence-corrected chi connectivity index (χ2v) is 7.18. The first-order valence-electron chi connectivity index (χ1n) is 8.96. The van der Waals surface area contributed by atoms with Gasteiger partial charge in [-0.1, -0.05) is 18.2 Å². The molecule has 1 aromatic carbocycles. The maximum absolute atomic E-state index is 12.6. The van der Waals surface area contributed by atoms with Crippen LogP contribution >= 0.6 is 0 Å². The van der Waals surface area contributed by atoms with Crippen molar-refractivity contribution in [3.8, 4) is 0 Å². The van der Waals surface area contributed by atoms with E-state index in [1.807, 2.05) is 4.90 Å². The molecule has 0 radical (unpaired) electrons. The van der Waals surface area contributed by atoms with Crippen molar-refractivity contribution in [2.24, 2.45) is 5.73 Å². The van der Waals surface area contributed by atoms with Crippen LogP contribution in [0.3, 0.4) is 0 Å². The van der Waals surface area contributed by atoms with Crippen LogP contribution in [-0.2, 0) is 11.2 Å². The number of hydrogen-bond acceptors (Lipinski definition) is 3. The molecule has 0 saturated carbocycles. The predicted molar refractivity (Wildman–Crippen MR) is 94.6 cm³/mol. The number of carbonyl (C=O) groups excluding carboxylic acids is 1. The molecule has 1 saturated heterocycles. The lowest BCUT2D eigenvalue weighted by Crippen LogP contribution is -2.49. The van der Waals surface area contributed by atoms with Crippen LogP contribution < -0.4 is 10.6 Å². The minimum Gasteiger partial charge on any atom is -0.368 e. The van der Waals surface area contributed by atoms with Crippen LogP contribution in [0.5, 0.6) is 0 Å². The largest absolute Gasteiger partial charge is 0.368 e. The number of piperidine rings is 1. The monoisotopic (exact) mass is 315 g/mol. The lowest BCUT2D eigenvalue weighted by Gasteiger charge is -2.39. The van der Waals surface area contributed by atoms with Crippen molar-refractivity contribution < 1.29 is 4.79 Å². The van der Waals surface area contributed by atoms with Gasteiger partial charge in [-0.3, -0.25) is 4.79 Å². The summed E-state index contributed by atoms with van der Waals surface area (Å²) < 4.78 is 0. The number of benzene rings is 1. The molecule has 3 atom stereocenters. The van der Waals surface area contributed by atoms with Gasteiger partial charge in [-0.05, 0) is 51.2 Å². The van der Waals surface area contributed by atoms with E-state index in [1.54, 1.807) is 0 Å². The Morgan fingerprint density at radius 2 is 2.00 bits per heavy atom. The van der Waals surface area contributed by atoms with Crippen molar-refractivity contribution in [1.29, 1.82) is 0 Å². The molecular formula is C19H29N3O. The molecule has 2 aliphatic rings. The first-order chi connectivity index (χ1) is 11.1. The number of rotatable bonds is 3. The number of anilines is 1. The molecule has 0 bridgehead atoms. The number of amides is 1. The van der Waals surface area contributed by atoms with Crippen LogP contribution in [0.1, 0.15) is 45.1 Å². The van der Waals surface area contributed by atoms with Crippen LogP contribution in [-0.4, -0.2) is 42.0 Å². The van der Waals surface area contributed by atoms with Gasteiger partial charge in [0.1, 0.15) is 0 Å². The Hall–Kier alpha value is -1.55. The number of hydrogen-bond donors (Lipinski definition) is 1. The average molecular weight is 315 g/mol. The van der Waals surface area contributed by atoms with Crippen LogP contribution in [0.4, 0.5) is 5.69 Å². The predicted octanol–water partition coefficient (Wildman–Crippen LogP) is 2.56. The van der Waals surface area contributed by atoms with Gasteiger partial charge in [0, 0.05) is 43.3 Å². The summed E-state index contributed by atoms with van der Waals surface area (Å²) in [6.45, 7) is 6.01. The SMILES string of the molecule is C[C@@H]1C[C@H](N)CCN1C(=O)CCN1c2ccccc2CC[C@H]1C. The molecule has 1 amide bonds. The molecule has 126 valence electrons. The third-order valence-electron chi connectivity index (χ3n) is 5.47. The highest BCUT2D eigenvalue weighted by Crippen LogP contribution is 2.30. The second-order valence-electron chi connectivity index (χ2n) is 7.18. The number of para-hydroxylation sites is 1. The van der Waals surface area contributed by atoms with Gasteiger partial charge in [0.2, 0.25) is 5.91 Å². The minimum absolute atomic E-state index is 0.253. The van der Waals surface area contributed by atoms with Crippen LogP contribution in [0, 0.1) is 0 Å². The normalized spacial score (nSPS) is 27.7.